The van der Waals surface area contributed by atoms with Crippen molar-refractivity contribution in [2.75, 3.05) is 11.9 Å². The van der Waals surface area contributed by atoms with Crippen LogP contribution in [0.5, 0.6) is 0 Å². The first-order valence-corrected chi connectivity index (χ1v) is 7.06. The highest BCUT2D eigenvalue weighted by Crippen LogP contribution is 2.27. The van der Waals surface area contributed by atoms with Gasteiger partial charge >= 0.3 is 0 Å². The monoisotopic (exact) mass is 384 g/mol. The van der Waals surface area contributed by atoms with Gasteiger partial charge in [-0.05, 0) is 34.7 Å². The molecule has 0 fully saturated rings. The normalized spacial score (nSPS) is 9.95. The highest BCUT2D eigenvalue weighted by molar-refractivity contribution is 14.1. The molecule has 0 aliphatic carbocycles. The summed E-state index contributed by atoms with van der Waals surface area (Å²) in [6.07, 6.45) is 0.413. The zero-order valence-electron chi connectivity index (χ0n) is 9.90. The SMILES string of the molecule is N#CCCNc1nc(I)cc(-c2ccccc2Cl)n1. The Bertz CT molecular complexity index is 624. The van der Waals surface area contributed by atoms with Crippen LogP contribution >= 0.6 is 34.2 Å². The maximum absolute atomic E-state index is 8.52. The number of anilines is 1. The average molecular weight is 385 g/mol. The number of hydrogen-bond acceptors (Lipinski definition) is 4. The second-order valence-corrected chi connectivity index (χ2v) is 5.23. The topological polar surface area (TPSA) is 61.6 Å². The third kappa shape index (κ3) is 3.78. The summed E-state index contributed by atoms with van der Waals surface area (Å²) >= 11 is 8.30. The van der Waals surface area contributed by atoms with E-state index < -0.39 is 0 Å². The number of rotatable bonds is 4. The summed E-state index contributed by atoms with van der Waals surface area (Å²) in [5.74, 6) is 0.511. The zero-order chi connectivity index (χ0) is 13.7. The van der Waals surface area contributed by atoms with Crippen molar-refractivity contribution in [1.29, 1.82) is 5.26 Å². The summed E-state index contributed by atoms with van der Waals surface area (Å²) in [6, 6.07) is 11.5. The van der Waals surface area contributed by atoms with Gasteiger partial charge in [-0.1, -0.05) is 29.8 Å². The van der Waals surface area contributed by atoms with Crippen LogP contribution in [0.3, 0.4) is 0 Å². The highest BCUT2D eigenvalue weighted by atomic mass is 127. The minimum absolute atomic E-state index is 0.413. The van der Waals surface area contributed by atoms with Gasteiger partial charge in [-0.15, -0.1) is 0 Å². The van der Waals surface area contributed by atoms with Crippen molar-refractivity contribution in [2.45, 2.75) is 6.42 Å². The number of hydrogen-bond donors (Lipinski definition) is 1. The molecule has 0 amide bonds. The molecular formula is C13H10ClIN4. The first kappa shape index (κ1) is 14.0. The summed E-state index contributed by atoms with van der Waals surface area (Å²) in [5, 5.41) is 12.2. The van der Waals surface area contributed by atoms with E-state index in [0.717, 1.165) is 15.0 Å². The Morgan fingerprint density at radius 2 is 2.11 bits per heavy atom. The van der Waals surface area contributed by atoms with E-state index in [1.165, 1.54) is 0 Å². The van der Waals surface area contributed by atoms with E-state index in [2.05, 4.69) is 43.9 Å². The average Bonchev–Trinajstić information content (AvgIpc) is 2.39. The molecule has 0 atom stereocenters. The van der Waals surface area contributed by atoms with Crippen molar-refractivity contribution in [1.82, 2.24) is 9.97 Å². The molecule has 4 nitrogen and oxygen atoms in total. The van der Waals surface area contributed by atoms with Gasteiger partial charge in [-0.3, -0.25) is 0 Å². The molecule has 2 rings (SSSR count). The molecule has 0 unspecified atom stereocenters. The van der Waals surface area contributed by atoms with E-state index in [9.17, 15) is 0 Å². The highest BCUT2D eigenvalue weighted by Gasteiger charge is 2.08. The predicted molar refractivity (Wildman–Crippen MR) is 83.9 cm³/mol. The lowest BCUT2D eigenvalue weighted by atomic mass is 10.1. The maximum atomic E-state index is 8.52. The quantitative estimate of drug-likeness (QED) is 0.496. The van der Waals surface area contributed by atoms with Crippen molar-refractivity contribution < 1.29 is 0 Å². The zero-order valence-corrected chi connectivity index (χ0v) is 12.8. The Labute approximate surface area is 130 Å². The number of nitrogens with zero attached hydrogens (tertiary/aromatic N) is 3. The van der Waals surface area contributed by atoms with Gasteiger partial charge in [0.15, 0.2) is 0 Å². The van der Waals surface area contributed by atoms with Crippen LogP contribution in [-0.2, 0) is 0 Å². The fourth-order valence-corrected chi connectivity index (χ4v) is 2.29. The second-order valence-electron chi connectivity index (χ2n) is 3.71. The van der Waals surface area contributed by atoms with Gasteiger partial charge in [-0.2, -0.15) is 5.26 Å². The van der Waals surface area contributed by atoms with Crippen LogP contribution in [0.15, 0.2) is 30.3 Å². The van der Waals surface area contributed by atoms with Crippen molar-refractivity contribution >= 4 is 40.1 Å². The van der Waals surface area contributed by atoms with Crippen LogP contribution in [0.1, 0.15) is 6.42 Å². The predicted octanol–water partition coefficient (Wildman–Crippen LogP) is 3.73. The van der Waals surface area contributed by atoms with E-state index >= 15 is 0 Å². The first-order valence-electron chi connectivity index (χ1n) is 5.61. The minimum Gasteiger partial charge on any atom is -0.353 e. The van der Waals surface area contributed by atoms with Gasteiger partial charge in [0.2, 0.25) is 5.95 Å². The van der Waals surface area contributed by atoms with Crippen LogP contribution in [0.4, 0.5) is 5.95 Å². The molecule has 1 aromatic carbocycles. The van der Waals surface area contributed by atoms with Crippen molar-refractivity contribution in [3.63, 3.8) is 0 Å². The Morgan fingerprint density at radius 3 is 2.84 bits per heavy atom. The first-order chi connectivity index (χ1) is 9.20. The lowest BCUT2D eigenvalue weighted by molar-refractivity contribution is 1.02. The molecule has 96 valence electrons. The van der Waals surface area contributed by atoms with Crippen LogP contribution in [0.2, 0.25) is 5.02 Å². The molecule has 0 aliphatic heterocycles. The molecule has 19 heavy (non-hydrogen) atoms. The van der Waals surface area contributed by atoms with Crippen molar-refractivity contribution in [3.05, 3.63) is 39.1 Å². The van der Waals surface area contributed by atoms with Crippen molar-refractivity contribution in [2.24, 2.45) is 0 Å². The summed E-state index contributed by atoms with van der Waals surface area (Å²) in [5.41, 5.74) is 1.64. The van der Waals surface area contributed by atoms with Gasteiger partial charge in [-0.25, -0.2) is 9.97 Å². The summed E-state index contributed by atoms with van der Waals surface area (Å²) < 4.78 is 0.821. The van der Waals surface area contributed by atoms with Gasteiger partial charge in [0.25, 0.3) is 0 Å². The summed E-state index contributed by atoms with van der Waals surface area (Å²) in [7, 11) is 0. The van der Waals surface area contributed by atoms with E-state index in [1.54, 1.807) is 0 Å². The molecular weight excluding hydrogens is 375 g/mol. The fraction of sp³-hybridized carbons (Fsp3) is 0.154. The van der Waals surface area contributed by atoms with E-state index in [0.29, 0.717) is 23.9 Å². The molecule has 0 bridgehead atoms. The molecule has 0 aliphatic rings. The Balaban J connectivity index is 2.32. The largest absolute Gasteiger partial charge is 0.353 e. The fourth-order valence-electron chi connectivity index (χ4n) is 1.53. The summed E-state index contributed by atoms with van der Waals surface area (Å²) in [4.78, 5) is 8.69. The van der Waals surface area contributed by atoms with E-state index in [1.807, 2.05) is 30.3 Å². The van der Waals surface area contributed by atoms with Gasteiger partial charge < -0.3 is 5.32 Å². The third-order valence-electron chi connectivity index (χ3n) is 2.36. The van der Waals surface area contributed by atoms with Crippen molar-refractivity contribution in [3.8, 4) is 17.3 Å². The maximum Gasteiger partial charge on any atom is 0.224 e. The molecule has 2 aromatic rings. The summed E-state index contributed by atoms with van der Waals surface area (Å²) in [6.45, 7) is 0.526. The van der Waals surface area contributed by atoms with Crippen LogP contribution in [0.25, 0.3) is 11.3 Å². The minimum atomic E-state index is 0.413. The number of benzene rings is 1. The standard InChI is InChI=1S/C13H10ClIN4/c14-10-5-2-1-4-9(10)11-8-12(15)19-13(18-11)17-7-3-6-16/h1-2,4-5,8H,3,7H2,(H,17,18,19). The van der Waals surface area contributed by atoms with Crippen LogP contribution in [0, 0.1) is 15.0 Å². The Kier molecular flexibility index (Phi) is 4.93. The van der Waals surface area contributed by atoms with Crippen LogP contribution < -0.4 is 5.32 Å². The van der Waals surface area contributed by atoms with Gasteiger partial charge in [0.1, 0.15) is 3.70 Å². The van der Waals surface area contributed by atoms with E-state index in [4.69, 9.17) is 16.9 Å². The third-order valence-corrected chi connectivity index (χ3v) is 3.25. The number of nitriles is 1. The molecule has 0 radical (unpaired) electrons. The van der Waals surface area contributed by atoms with E-state index in [-0.39, 0.29) is 0 Å². The molecule has 0 saturated carbocycles. The smallest absolute Gasteiger partial charge is 0.224 e. The Morgan fingerprint density at radius 1 is 1.32 bits per heavy atom. The molecule has 6 heteroatoms. The number of halogens is 2. The molecule has 1 heterocycles. The molecule has 0 spiro atoms. The Hall–Kier alpha value is -1.39. The lowest BCUT2D eigenvalue weighted by Gasteiger charge is -2.07. The van der Waals surface area contributed by atoms with Gasteiger partial charge in [0.05, 0.1) is 18.2 Å². The molecule has 1 N–H and O–H groups in total. The molecule has 1 aromatic heterocycles. The number of aromatic nitrogens is 2. The second kappa shape index (κ2) is 6.68. The lowest BCUT2D eigenvalue weighted by Crippen LogP contribution is -2.06. The molecule has 0 saturated heterocycles. The van der Waals surface area contributed by atoms with Crippen LogP contribution in [-0.4, -0.2) is 16.5 Å². The van der Waals surface area contributed by atoms with Gasteiger partial charge in [0, 0.05) is 17.1 Å². The number of nitrogens with one attached hydrogen (secondary N) is 1.